The van der Waals surface area contributed by atoms with Gasteiger partial charge in [0.1, 0.15) is 5.75 Å². The number of fused-ring (bicyclic) bond motifs is 1. The highest BCUT2D eigenvalue weighted by atomic mass is 79.9. The summed E-state index contributed by atoms with van der Waals surface area (Å²) in [5.41, 5.74) is 1.87. The number of rotatable bonds is 4. The molecule has 0 bridgehead atoms. The van der Waals surface area contributed by atoms with Crippen LogP contribution in [0.25, 0.3) is 0 Å². The number of aryl methyl sites for hydroxylation is 1. The molecule has 0 aliphatic carbocycles. The molecule has 0 saturated carbocycles. The van der Waals surface area contributed by atoms with Gasteiger partial charge in [-0.3, -0.25) is 4.79 Å². The van der Waals surface area contributed by atoms with Gasteiger partial charge in [-0.25, -0.2) is 0 Å². The summed E-state index contributed by atoms with van der Waals surface area (Å²) in [6, 6.07) is 13.9. The molecular weight excluding hydrogens is 348 g/mol. The molecule has 0 saturated heterocycles. The molecule has 2 nitrogen and oxygen atoms in total. The summed E-state index contributed by atoms with van der Waals surface area (Å²) in [5.74, 6) is 1.35. The Morgan fingerprint density at radius 3 is 2.81 bits per heavy atom. The summed E-state index contributed by atoms with van der Waals surface area (Å²) in [6.45, 7) is 0.706. The standard InChI is InChI=1S/C17H15BrO2S/c18-13-6-8-14(9-7-13)21-11-16(19)15-5-1-3-12-4-2-10-20-17(12)15/h1,3,5-9H,2,4,10-11H2. The van der Waals surface area contributed by atoms with E-state index in [-0.39, 0.29) is 5.78 Å². The van der Waals surface area contributed by atoms with Crippen molar-refractivity contribution < 1.29 is 9.53 Å². The van der Waals surface area contributed by atoms with Gasteiger partial charge in [0, 0.05) is 9.37 Å². The van der Waals surface area contributed by atoms with Crippen molar-refractivity contribution in [2.75, 3.05) is 12.4 Å². The second kappa shape index (κ2) is 6.67. The average Bonchev–Trinajstić information content (AvgIpc) is 2.53. The fraction of sp³-hybridized carbons (Fsp3) is 0.235. The van der Waals surface area contributed by atoms with E-state index in [0.29, 0.717) is 12.4 Å². The Balaban J connectivity index is 1.72. The van der Waals surface area contributed by atoms with Crippen LogP contribution in [0.1, 0.15) is 22.3 Å². The normalized spacial score (nSPS) is 13.4. The lowest BCUT2D eigenvalue weighted by Crippen LogP contribution is -2.13. The Hall–Kier alpha value is -1.26. The fourth-order valence-electron chi connectivity index (χ4n) is 2.37. The Morgan fingerprint density at radius 1 is 1.19 bits per heavy atom. The third kappa shape index (κ3) is 3.50. The van der Waals surface area contributed by atoms with Crippen molar-refractivity contribution in [2.45, 2.75) is 17.7 Å². The minimum absolute atomic E-state index is 0.127. The zero-order chi connectivity index (χ0) is 14.7. The van der Waals surface area contributed by atoms with Gasteiger partial charge in [0.15, 0.2) is 5.78 Å². The van der Waals surface area contributed by atoms with Gasteiger partial charge < -0.3 is 4.74 Å². The van der Waals surface area contributed by atoms with Crippen LogP contribution in [0.3, 0.4) is 0 Å². The molecule has 0 spiro atoms. The quantitative estimate of drug-likeness (QED) is 0.579. The van der Waals surface area contributed by atoms with E-state index in [9.17, 15) is 4.79 Å². The van der Waals surface area contributed by atoms with Crippen molar-refractivity contribution in [3.05, 3.63) is 58.1 Å². The molecule has 4 heteroatoms. The van der Waals surface area contributed by atoms with Crippen LogP contribution in [0, 0.1) is 0 Å². The number of para-hydroxylation sites is 1. The number of hydrogen-bond acceptors (Lipinski definition) is 3. The molecule has 108 valence electrons. The third-order valence-electron chi connectivity index (χ3n) is 3.42. The van der Waals surface area contributed by atoms with E-state index in [1.807, 2.05) is 42.5 Å². The number of benzene rings is 2. The van der Waals surface area contributed by atoms with Gasteiger partial charge in [-0.2, -0.15) is 0 Å². The highest BCUT2D eigenvalue weighted by Crippen LogP contribution is 2.30. The van der Waals surface area contributed by atoms with Crippen molar-refractivity contribution in [2.24, 2.45) is 0 Å². The molecule has 0 amide bonds. The van der Waals surface area contributed by atoms with Crippen molar-refractivity contribution in [3.63, 3.8) is 0 Å². The van der Waals surface area contributed by atoms with Gasteiger partial charge >= 0.3 is 0 Å². The molecule has 0 atom stereocenters. The lowest BCUT2D eigenvalue weighted by molar-refractivity contribution is 0.101. The van der Waals surface area contributed by atoms with Crippen LogP contribution in [-0.4, -0.2) is 18.1 Å². The second-order valence-electron chi connectivity index (χ2n) is 4.91. The van der Waals surface area contributed by atoms with E-state index in [0.717, 1.165) is 39.1 Å². The maximum absolute atomic E-state index is 12.4. The first-order valence-corrected chi connectivity index (χ1v) is 8.68. The number of ketones is 1. The number of hydrogen-bond donors (Lipinski definition) is 0. The first-order chi connectivity index (χ1) is 10.2. The van der Waals surface area contributed by atoms with Crippen molar-refractivity contribution >= 4 is 33.5 Å². The van der Waals surface area contributed by atoms with E-state index in [4.69, 9.17) is 4.74 Å². The van der Waals surface area contributed by atoms with Crippen molar-refractivity contribution in [1.29, 1.82) is 0 Å². The number of ether oxygens (including phenoxy) is 1. The fourth-order valence-corrected chi connectivity index (χ4v) is 3.41. The van der Waals surface area contributed by atoms with Crippen molar-refractivity contribution in [1.82, 2.24) is 0 Å². The monoisotopic (exact) mass is 362 g/mol. The van der Waals surface area contributed by atoms with Gasteiger partial charge in [0.05, 0.1) is 17.9 Å². The molecule has 1 heterocycles. The molecule has 2 aromatic carbocycles. The number of thioether (sulfide) groups is 1. The van der Waals surface area contributed by atoms with Crippen LogP contribution in [0.2, 0.25) is 0 Å². The third-order valence-corrected chi connectivity index (χ3v) is 4.96. The van der Waals surface area contributed by atoms with Crippen LogP contribution in [0.4, 0.5) is 0 Å². The zero-order valence-electron chi connectivity index (χ0n) is 11.5. The molecule has 1 aliphatic heterocycles. The molecule has 21 heavy (non-hydrogen) atoms. The van der Waals surface area contributed by atoms with E-state index in [1.165, 1.54) is 0 Å². The van der Waals surface area contributed by atoms with E-state index in [2.05, 4.69) is 15.9 Å². The first-order valence-electron chi connectivity index (χ1n) is 6.90. The Morgan fingerprint density at radius 2 is 2.00 bits per heavy atom. The molecule has 0 N–H and O–H groups in total. The molecule has 3 rings (SSSR count). The summed E-state index contributed by atoms with van der Waals surface area (Å²) in [6.07, 6.45) is 2.02. The van der Waals surface area contributed by atoms with Crippen LogP contribution in [0.15, 0.2) is 51.8 Å². The maximum Gasteiger partial charge on any atom is 0.176 e. The highest BCUT2D eigenvalue weighted by Gasteiger charge is 2.18. The Bertz CT molecular complexity index is 652. The number of carbonyl (C=O) groups is 1. The predicted molar refractivity (Wildman–Crippen MR) is 89.5 cm³/mol. The molecule has 2 aromatic rings. The maximum atomic E-state index is 12.4. The van der Waals surface area contributed by atoms with Gasteiger partial charge in [0.25, 0.3) is 0 Å². The van der Waals surface area contributed by atoms with E-state index in [1.54, 1.807) is 11.8 Å². The van der Waals surface area contributed by atoms with Crippen LogP contribution in [-0.2, 0) is 6.42 Å². The SMILES string of the molecule is O=C(CSc1ccc(Br)cc1)c1cccc2c1OCCC2. The predicted octanol–water partition coefficient (Wildman–Crippen LogP) is 4.75. The molecule has 0 fully saturated rings. The molecular formula is C17H15BrO2S. The highest BCUT2D eigenvalue weighted by molar-refractivity contribution is 9.10. The number of carbonyl (C=O) groups excluding carboxylic acids is 1. The lowest BCUT2D eigenvalue weighted by Gasteiger charge is -2.19. The summed E-state index contributed by atoms with van der Waals surface area (Å²) in [7, 11) is 0. The van der Waals surface area contributed by atoms with E-state index >= 15 is 0 Å². The van der Waals surface area contributed by atoms with Crippen LogP contribution in [0.5, 0.6) is 5.75 Å². The Labute approximate surface area is 137 Å². The molecule has 0 unspecified atom stereocenters. The van der Waals surface area contributed by atoms with Crippen LogP contribution < -0.4 is 4.74 Å². The topological polar surface area (TPSA) is 26.3 Å². The summed E-state index contributed by atoms with van der Waals surface area (Å²) < 4.78 is 6.75. The summed E-state index contributed by atoms with van der Waals surface area (Å²) in [5, 5.41) is 0. The molecule has 0 radical (unpaired) electrons. The largest absolute Gasteiger partial charge is 0.493 e. The summed E-state index contributed by atoms with van der Waals surface area (Å²) >= 11 is 4.97. The molecule has 0 aromatic heterocycles. The van der Waals surface area contributed by atoms with Crippen molar-refractivity contribution in [3.8, 4) is 5.75 Å². The lowest BCUT2D eigenvalue weighted by atomic mass is 10.0. The van der Waals surface area contributed by atoms with E-state index < -0.39 is 0 Å². The Kier molecular flexibility index (Phi) is 4.66. The number of halogens is 1. The minimum atomic E-state index is 0.127. The smallest absolute Gasteiger partial charge is 0.176 e. The minimum Gasteiger partial charge on any atom is -0.493 e. The van der Waals surface area contributed by atoms with Gasteiger partial charge in [-0.1, -0.05) is 28.1 Å². The van der Waals surface area contributed by atoms with Gasteiger partial charge in [-0.05, 0) is 48.7 Å². The first kappa shape index (κ1) is 14.7. The second-order valence-corrected chi connectivity index (χ2v) is 6.88. The average molecular weight is 363 g/mol. The van der Waals surface area contributed by atoms with Crippen LogP contribution >= 0.6 is 27.7 Å². The molecule has 1 aliphatic rings. The zero-order valence-corrected chi connectivity index (χ0v) is 13.9. The number of Topliss-reactive ketones (excluding diaryl/α,β-unsaturated/α-hetero) is 1. The summed E-state index contributed by atoms with van der Waals surface area (Å²) in [4.78, 5) is 13.5. The van der Waals surface area contributed by atoms with Gasteiger partial charge in [0.2, 0.25) is 0 Å². The van der Waals surface area contributed by atoms with Gasteiger partial charge in [-0.15, -0.1) is 11.8 Å².